The van der Waals surface area contributed by atoms with Gasteiger partial charge >= 0.3 is 11.9 Å². The lowest BCUT2D eigenvalue weighted by molar-refractivity contribution is -0.161. The van der Waals surface area contributed by atoms with Crippen molar-refractivity contribution in [2.45, 2.75) is 251 Å². The maximum Gasteiger partial charge on any atom is 0.306 e. The van der Waals surface area contributed by atoms with Gasteiger partial charge in [0.05, 0.1) is 6.61 Å². The third-order valence-electron chi connectivity index (χ3n) is 9.90. The summed E-state index contributed by atoms with van der Waals surface area (Å²) in [4.78, 5) is 24.2. The van der Waals surface area contributed by atoms with Crippen LogP contribution in [-0.2, 0) is 19.1 Å². The number of aliphatic hydroxyl groups excluding tert-OH is 1. The first-order valence-corrected chi connectivity index (χ1v) is 21.6. The zero-order valence-electron chi connectivity index (χ0n) is 32.5. The molecule has 1 unspecified atom stereocenters. The van der Waals surface area contributed by atoms with Gasteiger partial charge in [-0.3, -0.25) is 9.59 Å². The number of hydrogen-bond donors (Lipinski definition) is 1. The van der Waals surface area contributed by atoms with Crippen LogP contribution in [0, 0.1) is 0 Å². The molecule has 0 fully saturated rings. The van der Waals surface area contributed by atoms with Gasteiger partial charge in [-0.2, -0.15) is 0 Å². The first-order chi connectivity index (χ1) is 23.6. The van der Waals surface area contributed by atoms with Crippen LogP contribution in [0.3, 0.4) is 0 Å². The van der Waals surface area contributed by atoms with Gasteiger partial charge in [-0.25, -0.2) is 0 Å². The van der Waals surface area contributed by atoms with Crippen LogP contribution in [0.25, 0.3) is 0 Å². The number of carbonyl (C=O) groups excluding carboxylic acids is 2. The van der Waals surface area contributed by atoms with Crippen molar-refractivity contribution in [2.75, 3.05) is 13.2 Å². The van der Waals surface area contributed by atoms with Crippen molar-refractivity contribution in [3.8, 4) is 0 Å². The van der Waals surface area contributed by atoms with E-state index in [9.17, 15) is 14.7 Å². The van der Waals surface area contributed by atoms with Crippen molar-refractivity contribution in [3.05, 3.63) is 0 Å². The van der Waals surface area contributed by atoms with E-state index in [4.69, 9.17) is 9.47 Å². The lowest BCUT2D eigenvalue weighted by atomic mass is 10.0. The highest BCUT2D eigenvalue weighted by Gasteiger charge is 2.16. The maximum atomic E-state index is 12.2. The molecule has 1 atom stereocenters. The highest BCUT2D eigenvalue weighted by atomic mass is 16.6. The third kappa shape index (κ3) is 37.7. The molecule has 0 rings (SSSR count). The van der Waals surface area contributed by atoms with Gasteiger partial charge in [0.15, 0.2) is 6.10 Å². The summed E-state index contributed by atoms with van der Waals surface area (Å²) in [5.41, 5.74) is 0. The van der Waals surface area contributed by atoms with Crippen LogP contribution in [-0.4, -0.2) is 36.4 Å². The summed E-state index contributed by atoms with van der Waals surface area (Å²) in [6.45, 7) is 4.15. The van der Waals surface area contributed by atoms with Crippen molar-refractivity contribution in [1.29, 1.82) is 0 Å². The van der Waals surface area contributed by atoms with E-state index in [0.29, 0.717) is 12.8 Å². The summed E-state index contributed by atoms with van der Waals surface area (Å²) in [6.07, 6.45) is 44.8. The van der Waals surface area contributed by atoms with Crippen molar-refractivity contribution in [1.82, 2.24) is 0 Å². The van der Waals surface area contributed by atoms with Gasteiger partial charge in [0.2, 0.25) is 0 Å². The van der Waals surface area contributed by atoms with Gasteiger partial charge in [0, 0.05) is 12.8 Å². The summed E-state index contributed by atoms with van der Waals surface area (Å²) in [6, 6.07) is 0. The topological polar surface area (TPSA) is 72.8 Å². The molecule has 0 aliphatic heterocycles. The molecule has 0 aliphatic rings. The number of carbonyl (C=O) groups is 2. The average Bonchev–Trinajstić information content (AvgIpc) is 3.09. The molecule has 286 valence electrons. The summed E-state index contributed by atoms with van der Waals surface area (Å²) in [5.74, 6) is -0.578. The smallest absolute Gasteiger partial charge is 0.306 e. The van der Waals surface area contributed by atoms with E-state index in [-0.39, 0.29) is 25.2 Å². The fraction of sp³-hybridized carbons (Fsp3) is 0.953. The Bertz CT molecular complexity index is 651. The van der Waals surface area contributed by atoms with E-state index in [1.807, 2.05) is 0 Å². The van der Waals surface area contributed by atoms with Crippen molar-refractivity contribution in [3.63, 3.8) is 0 Å². The average molecular weight is 681 g/mol. The molecule has 0 aromatic rings. The largest absolute Gasteiger partial charge is 0.462 e. The molecular weight excluding hydrogens is 596 g/mol. The predicted octanol–water partition coefficient (Wildman–Crippen LogP) is 13.5. The summed E-state index contributed by atoms with van der Waals surface area (Å²) in [5, 5.41) is 9.54. The normalized spacial score (nSPS) is 12.0. The first-order valence-electron chi connectivity index (χ1n) is 21.6. The number of hydrogen-bond acceptors (Lipinski definition) is 5. The number of esters is 2. The molecule has 0 aromatic carbocycles. The molecule has 0 heterocycles. The highest BCUT2D eigenvalue weighted by Crippen LogP contribution is 2.16. The van der Waals surface area contributed by atoms with E-state index < -0.39 is 6.10 Å². The zero-order chi connectivity index (χ0) is 35.0. The number of rotatable bonds is 40. The molecular formula is C43H84O5. The minimum absolute atomic E-state index is 0.0576. The first kappa shape index (κ1) is 46.9. The van der Waals surface area contributed by atoms with E-state index in [1.165, 1.54) is 180 Å². The summed E-state index contributed by atoms with van der Waals surface area (Å²) >= 11 is 0. The maximum absolute atomic E-state index is 12.2. The minimum Gasteiger partial charge on any atom is -0.462 e. The quantitative estimate of drug-likeness (QED) is 0.0515. The van der Waals surface area contributed by atoms with Gasteiger partial charge in [0.25, 0.3) is 0 Å². The van der Waals surface area contributed by atoms with Crippen molar-refractivity contribution < 1.29 is 24.2 Å². The van der Waals surface area contributed by atoms with Gasteiger partial charge in [-0.05, 0) is 12.8 Å². The molecule has 0 saturated heterocycles. The molecule has 0 saturated carbocycles. The van der Waals surface area contributed by atoms with Gasteiger partial charge < -0.3 is 14.6 Å². The Balaban J connectivity index is 3.39. The molecule has 0 bridgehead atoms. The van der Waals surface area contributed by atoms with Crippen LogP contribution in [0.2, 0.25) is 0 Å². The van der Waals surface area contributed by atoms with Crippen molar-refractivity contribution in [2.24, 2.45) is 0 Å². The fourth-order valence-corrected chi connectivity index (χ4v) is 6.62. The van der Waals surface area contributed by atoms with Crippen LogP contribution in [0.15, 0.2) is 0 Å². The molecule has 0 aliphatic carbocycles. The summed E-state index contributed by atoms with van der Waals surface area (Å²) < 4.78 is 10.6. The Hall–Kier alpha value is -1.10. The molecule has 0 radical (unpaired) electrons. The molecule has 0 spiro atoms. The van der Waals surface area contributed by atoms with E-state index in [0.717, 1.165) is 38.5 Å². The van der Waals surface area contributed by atoms with Gasteiger partial charge in [0.1, 0.15) is 6.61 Å². The van der Waals surface area contributed by atoms with E-state index >= 15 is 0 Å². The van der Waals surface area contributed by atoms with Gasteiger partial charge in [-0.15, -0.1) is 0 Å². The number of unbranched alkanes of at least 4 members (excludes halogenated alkanes) is 32. The van der Waals surface area contributed by atoms with Gasteiger partial charge in [-0.1, -0.05) is 219 Å². The Kier molecular flexibility index (Phi) is 39.4. The monoisotopic (exact) mass is 681 g/mol. The Morgan fingerprint density at radius 1 is 0.396 bits per heavy atom. The zero-order valence-corrected chi connectivity index (χ0v) is 32.5. The molecule has 0 aromatic heterocycles. The molecule has 48 heavy (non-hydrogen) atoms. The molecule has 1 N–H and O–H groups in total. The minimum atomic E-state index is -0.760. The SMILES string of the molecule is CCCCCCCCCCCCCCCCCCCCCCCCCCCC(=O)OC(CO)COC(=O)CCCCCCCCCCC. The van der Waals surface area contributed by atoms with Crippen molar-refractivity contribution >= 4 is 11.9 Å². The van der Waals surface area contributed by atoms with Crippen LogP contribution in [0.4, 0.5) is 0 Å². The fourth-order valence-electron chi connectivity index (χ4n) is 6.62. The second kappa shape index (κ2) is 40.3. The highest BCUT2D eigenvalue weighted by molar-refractivity contribution is 5.70. The van der Waals surface area contributed by atoms with E-state index in [2.05, 4.69) is 13.8 Å². The standard InChI is InChI=1S/C43H84O5/c1-3-5-7-9-11-13-14-15-16-17-18-19-20-21-22-23-24-25-26-27-28-30-32-34-36-38-43(46)48-41(39-44)40-47-42(45)37-35-33-31-29-12-10-8-6-4-2/h41,44H,3-40H2,1-2H3. The number of ether oxygens (including phenoxy) is 2. The van der Waals surface area contributed by atoms with Crippen LogP contribution < -0.4 is 0 Å². The Labute approximate surface area is 299 Å². The second-order valence-electron chi connectivity index (χ2n) is 14.8. The lowest BCUT2D eigenvalue weighted by Crippen LogP contribution is -2.28. The van der Waals surface area contributed by atoms with Crippen LogP contribution in [0.1, 0.15) is 245 Å². The van der Waals surface area contributed by atoms with Crippen LogP contribution in [0.5, 0.6) is 0 Å². The second-order valence-corrected chi connectivity index (χ2v) is 14.8. The third-order valence-corrected chi connectivity index (χ3v) is 9.90. The Morgan fingerprint density at radius 2 is 0.646 bits per heavy atom. The molecule has 5 heteroatoms. The molecule has 5 nitrogen and oxygen atoms in total. The summed E-state index contributed by atoms with van der Waals surface area (Å²) in [7, 11) is 0. The predicted molar refractivity (Wildman–Crippen MR) is 205 cm³/mol. The molecule has 0 amide bonds. The lowest BCUT2D eigenvalue weighted by Gasteiger charge is -2.15. The van der Waals surface area contributed by atoms with E-state index in [1.54, 1.807) is 0 Å². The van der Waals surface area contributed by atoms with Crippen LogP contribution >= 0.6 is 0 Å². The number of aliphatic hydroxyl groups is 1. The Morgan fingerprint density at radius 3 is 0.917 bits per heavy atom.